The predicted octanol–water partition coefficient (Wildman–Crippen LogP) is 1.27. The lowest BCUT2D eigenvalue weighted by atomic mass is 10.6. The molecule has 0 heterocycles. The van der Waals surface area contributed by atoms with E-state index in [1.54, 1.807) is 0 Å². The maximum Gasteiger partial charge on any atom is 0.122 e. The van der Waals surface area contributed by atoms with Gasteiger partial charge in [0.25, 0.3) is 0 Å². The Bertz CT molecular complexity index is 108. The minimum absolute atomic E-state index is 0.454. The van der Waals surface area contributed by atoms with Crippen molar-refractivity contribution in [2.45, 2.75) is 19.1 Å². The second kappa shape index (κ2) is 3.18. The van der Waals surface area contributed by atoms with Crippen LogP contribution in [-0.4, -0.2) is 5.25 Å². The highest BCUT2D eigenvalue weighted by molar-refractivity contribution is 8.69. The fourth-order valence-corrected chi connectivity index (χ4v) is 4.51. The molecule has 0 aromatic heterocycles. The molecule has 4 N–H and O–H groups in total. The van der Waals surface area contributed by atoms with Crippen molar-refractivity contribution in [1.82, 2.24) is 0 Å². The van der Waals surface area contributed by atoms with E-state index in [4.69, 9.17) is 22.8 Å². The van der Waals surface area contributed by atoms with Gasteiger partial charge in [0.05, 0.1) is 0 Å². The Morgan fingerprint density at radius 2 is 1.88 bits per heavy atom. The van der Waals surface area contributed by atoms with Crippen LogP contribution in [0, 0.1) is 0 Å². The molecule has 0 atom stereocenters. The van der Waals surface area contributed by atoms with Crippen LogP contribution >= 0.6 is 16.9 Å². The van der Waals surface area contributed by atoms with Crippen molar-refractivity contribution < 1.29 is 0 Å². The lowest BCUT2D eigenvalue weighted by Crippen LogP contribution is -2.02. The Morgan fingerprint density at radius 1 is 1.50 bits per heavy atom. The van der Waals surface area contributed by atoms with Gasteiger partial charge in [0.1, 0.15) is 5.54 Å². The van der Waals surface area contributed by atoms with E-state index >= 15 is 0 Å². The maximum atomic E-state index is 5.40. The Balaban J connectivity index is 3.56. The molecule has 2 nitrogen and oxygen atoms in total. The Labute approximate surface area is 59.3 Å². The molecule has 50 valence electrons. The van der Waals surface area contributed by atoms with Gasteiger partial charge >= 0.3 is 0 Å². The van der Waals surface area contributed by atoms with Gasteiger partial charge in [-0.3, -0.25) is 11.0 Å². The predicted molar refractivity (Wildman–Crippen MR) is 45.4 cm³/mol. The molecule has 5 heteroatoms. The molecule has 0 aliphatic rings. The second-order valence-corrected chi connectivity index (χ2v) is 9.19. The maximum absolute atomic E-state index is 5.40. The van der Waals surface area contributed by atoms with Crippen LogP contribution in [0.2, 0.25) is 0 Å². The summed E-state index contributed by atoms with van der Waals surface area (Å²) in [6, 6.07) is 0. The first kappa shape index (κ1) is 8.92. The molecule has 0 aromatic carbocycles. The summed E-state index contributed by atoms with van der Waals surface area (Å²) < 4.78 is 0. The van der Waals surface area contributed by atoms with Crippen molar-refractivity contribution in [3.05, 3.63) is 0 Å². The first-order chi connectivity index (χ1) is 3.42. The van der Waals surface area contributed by atoms with Crippen LogP contribution in [0.1, 0.15) is 13.8 Å². The molecule has 0 amide bonds. The molecule has 0 rings (SSSR count). The molecule has 0 aromatic rings. The van der Waals surface area contributed by atoms with Crippen LogP contribution in [0.15, 0.2) is 0 Å². The minimum Gasteiger partial charge on any atom is -0.283 e. The smallest absolute Gasteiger partial charge is 0.122 e. The van der Waals surface area contributed by atoms with Gasteiger partial charge in [-0.1, -0.05) is 37.0 Å². The molecular formula is C3H11N2PS2. The van der Waals surface area contributed by atoms with Gasteiger partial charge in [0.2, 0.25) is 0 Å². The standard InChI is InChI=1S/C3H11N2PS2/c1-3(2)8-6(4,5)7/h3H,1-2H3,(H4,4,5,7). The SMILES string of the molecule is CC(C)SP(N)(N)=S. The highest BCUT2D eigenvalue weighted by atomic mass is 32.9. The highest BCUT2D eigenvalue weighted by Crippen LogP contribution is 2.45. The molecular weight excluding hydrogens is 159 g/mol. The third kappa shape index (κ3) is 6.92. The van der Waals surface area contributed by atoms with E-state index in [1.807, 2.05) is 13.8 Å². The van der Waals surface area contributed by atoms with Gasteiger partial charge in [0, 0.05) is 5.25 Å². The number of hydrogen-bond acceptors (Lipinski definition) is 2. The summed E-state index contributed by atoms with van der Waals surface area (Å²) in [5, 5.41) is 0.454. The van der Waals surface area contributed by atoms with Crippen molar-refractivity contribution in [2.75, 3.05) is 0 Å². The van der Waals surface area contributed by atoms with E-state index in [-0.39, 0.29) is 0 Å². The third-order valence-electron chi connectivity index (χ3n) is 0.376. The molecule has 0 saturated heterocycles. The summed E-state index contributed by atoms with van der Waals surface area (Å²) in [5.74, 6) is 0. The van der Waals surface area contributed by atoms with E-state index in [0.29, 0.717) is 5.25 Å². The van der Waals surface area contributed by atoms with Crippen molar-refractivity contribution in [2.24, 2.45) is 11.0 Å². The van der Waals surface area contributed by atoms with Gasteiger partial charge in [-0.15, -0.1) is 0 Å². The molecule has 0 aliphatic heterocycles. The van der Waals surface area contributed by atoms with E-state index in [0.717, 1.165) is 0 Å². The van der Waals surface area contributed by atoms with Crippen LogP contribution in [0.25, 0.3) is 0 Å². The summed E-state index contributed by atoms with van der Waals surface area (Å²) in [6.07, 6.45) is 0. The minimum atomic E-state index is -1.97. The third-order valence-corrected chi connectivity index (χ3v) is 4.15. The number of nitrogens with two attached hydrogens (primary N) is 2. The molecule has 0 aliphatic carbocycles. The molecule has 0 spiro atoms. The Kier molecular flexibility index (Phi) is 3.55. The van der Waals surface area contributed by atoms with Gasteiger partial charge in [-0.25, -0.2) is 0 Å². The van der Waals surface area contributed by atoms with Crippen molar-refractivity contribution >= 4 is 28.7 Å². The normalized spacial score (nSPS) is 12.6. The van der Waals surface area contributed by atoms with Gasteiger partial charge in [-0.2, -0.15) is 0 Å². The van der Waals surface area contributed by atoms with E-state index in [2.05, 4.69) is 0 Å². The van der Waals surface area contributed by atoms with E-state index < -0.39 is 5.54 Å². The molecule has 0 radical (unpaired) electrons. The van der Waals surface area contributed by atoms with Crippen molar-refractivity contribution in [3.63, 3.8) is 0 Å². The lowest BCUT2D eigenvalue weighted by Gasteiger charge is -2.10. The van der Waals surface area contributed by atoms with Crippen LogP contribution in [-0.2, 0) is 11.8 Å². The number of rotatable bonds is 2. The molecule has 8 heavy (non-hydrogen) atoms. The molecule has 0 bridgehead atoms. The van der Waals surface area contributed by atoms with Crippen LogP contribution < -0.4 is 11.0 Å². The van der Waals surface area contributed by atoms with Crippen LogP contribution in [0.4, 0.5) is 0 Å². The largest absolute Gasteiger partial charge is 0.283 e. The first-order valence-electron chi connectivity index (χ1n) is 2.27. The first-order valence-corrected chi connectivity index (χ1v) is 6.70. The highest BCUT2D eigenvalue weighted by Gasteiger charge is 2.05. The zero-order valence-electron chi connectivity index (χ0n) is 5.00. The van der Waals surface area contributed by atoms with Gasteiger partial charge in [0.15, 0.2) is 0 Å². The fraction of sp³-hybridized carbons (Fsp3) is 1.00. The lowest BCUT2D eigenvalue weighted by molar-refractivity contribution is 1.12. The van der Waals surface area contributed by atoms with E-state index in [9.17, 15) is 0 Å². The van der Waals surface area contributed by atoms with Crippen LogP contribution in [0.3, 0.4) is 0 Å². The monoisotopic (exact) mass is 170 g/mol. The summed E-state index contributed by atoms with van der Waals surface area (Å²) in [4.78, 5) is 0. The second-order valence-electron chi connectivity index (χ2n) is 1.80. The molecule has 0 fully saturated rings. The zero-order chi connectivity index (χ0) is 6.78. The summed E-state index contributed by atoms with van der Waals surface area (Å²) >= 11 is 6.28. The average molecular weight is 170 g/mol. The summed E-state index contributed by atoms with van der Waals surface area (Å²) in [7, 11) is 0. The average Bonchev–Trinajstić information content (AvgIpc) is 1.21. The van der Waals surface area contributed by atoms with Gasteiger partial charge in [-0.05, 0) is 0 Å². The Hall–Kier alpha value is 0.920. The summed E-state index contributed by atoms with van der Waals surface area (Å²) in [6.45, 7) is 4.07. The van der Waals surface area contributed by atoms with Crippen molar-refractivity contribution in [3.8, 4) is 0 Å². The van der Waals surface area contributed by atoms with Crippen LogP contribution in [0.5, 0.6) is 0 Å². The fourth-order valence-electron chi connectivity index (χ4n) is 0.329. The molecule has 0 saturated carbocycles. The molecule has 0 unspecified atom stereocenters. The zero-order valence-corrected chi connectivity index (χ0v) is 7.52. The Morgan fingerprint density at radius 3 is 1.88 bits per heavy atom. The van der Waals surface area contributed by atoms with Crippen molar-refractivity contribution in [1.29, 1.82) is 0 Å². The number of hydrogen-bond donors (Lipinski definition) is 2. The summed E-state index contributed by atoms with van der Waals surface area (Å²) in [5.41, 5.74) is 8.83. The van der Waals surface area contributed by atoms with Gasteiger partial charge < -0.3 is 0 Å². The topological polar surface area (TPSA) is 52.0 Å². The van der Waals surface area contributed by atoms with E-state index in [1.165, 1.54) is 11.4 Å². The quantitative estimate of drug-likeness (QED) is 0.613.